The summed E-state index contributed by atoms with van der Waals surface area (Å²) in [7, 11) is 1.70. The van der Waals surface area contributed by atoms with Gasteiger partial charge in [0.15, 0.2) is 0 Å². The van der Waals surface area contributed by atoms with E-state index in [0.717, 1.165) is 11.3 Å². The highest BCUT2D eigenvalue weighted by atomic mass is 16.5. The lowest BCUT2D eigenvalue weighted by Gasteiger charge is -2.36. The number of methoxy groups -OCH3 is 1. The van der Waals surface area contributed by atoms with Crippen LogP contribution in [-0.2, 0) is 4.74 Å². The molecule has 21 heavy (non-hydrogen) atoms. The molecular formula is C17H28N2O2. The van der Waals surface area contributed by atoms with Crippen molar-refractivity contribution in [2.75, 3.05) is 13.7 Å². The third-order valence-electron chi connectivity index (χ3n) is 4.46. The van der Waals surface area contributed by atoms with Crippen LogP contribution < -0.4 is 16.0 Å². The minimum atomic E-state index is -0.0378. The predicted octanol–water partition coefficient (Wildman–Crippen LogP) is 3.19. The normalized spacial score (nSPS) is 19.2. The average Bonchev–Trinajstić information content (AvgIpc) is 2.56. The highest BCUT2D eigenvalue weighted by Gasteiger charge is 2.33. The molecule has 1 fully saturated rings. The maximum absolute atomic E-state index is 6.09. The maximum Gasteiger partial charge on any atom is 0.123 e. The Balaban J connectivity index is 2.25. The Hall–Kier alpha value is -1.10. The van der Waals surface area contributed by atoms with E-state index in [-0.39, 0.29) is 12.1 Å². The molecule has 1 aromatic carbocycles. The van der Waals surface area contributed by atoms with Gasteiger partial charge >= 0.3 is 0 Å². The second-order valence-corrected chi connectivity index (χ2v) is 5.70. The van der Waals surface area contributed by atoms with Crippen molar-refractivity contribution < 1.29 is 9.47 Å². The Morgan fingerprint density at radius 1 is 1.24 bits per heavy atom. The van der Waals surface area contributed by atoms with Crippen LogP contribution in [0.2, 0.25) is 0 Å². The molecule has 2 atom stereocenters. The van der Waals surface area contributed by atoms with Crippen LogP contribution in [0, 0.1) is 5.92 Å². The molecule has 0 amide bonds. The van der Waals surface area contributed by atoms with E-state index in [1.807, 2.05) is 25.1 Å². The number of ether oxygens (including phenoxy) is 2. The Bertz CT molecular complexity index is 419. The van der Waals surface area contributed by atoms with Gasteiger partial charge in [0, 0.05) is 12.2 Å². The third kappa shape index (κ3) is 3.96. The Morgan fingerprint density at radius 2 is 1.95 bits per heavy atom. The van der Waals surface area contributed by atoms with Gasteiger partial charge in [-0.05, 0) is 31.7 Å². The van der Waals surface area contributed by atoms with Gasteiger partial charge < -0.3 is 9.47 Å². The lowest BCUT2D eigenvalue weighted by molar-refractivity contribution is -0.0188. The van der Waals surface area contributed by atoms with Gasteiger partial charge in [0.1, 0.15) is 5.75 Å². The van der Waals surface area contributed by atoms with Gasteiger partial charge in [-0.1, -0.05) is 37.5 Å². The van der Waals surface area contributed by atoms with Crippen LogP contribution in [0.25, 0.3) is 0 Å². The summed E-state index contributed by atoms with van der Waals surface area (Å²) in [5, 5.41) is 0. The Kier molecular flexibility index (Phi) is 6.49. The van der Waals surface area contributed by atoms with Gasteiger partial charge in [0.05, 0.1) is 19.3 Å². The van der Waals surface area contributed by atoms with Crippen molar-refractivity contribution >= 4 is 0 Å². The van der Waals surface area contributed by atoms with Gasteiger partial charge in [-0.2, -0.15) is 0 Å². The zero-order chi connectivity index (χ0) is 15.1. The molecule has 1 aliphatic carbocycles. The highest BCUT2D eigenvalue weighted by Crippen LogP contribution is 2.36. The van der Waals surface area contributed by atoms with Crippen molar-refractivity contribution in [2.24, 2.45) is 11.8 Å². The van der Waals surface area contributed by atoms with E-state index >= 15 is 0 Å². The fraction of sp³-hybridized carbons (Fsp3) is 0.647. The SMILES string of the molecule is CCOC(C1CCCCC1)C(NN)c1ccccc1OC. The molecule has 0 heterocycles. The summed E-state index contributed by atoms with van der Waals surface area (Å²) in [6.07, 6.45) is 6.45. The molecule has 0 bridgehead atoms. The van der Waals surface area contributed by atoms with Crippen LogP contribution in [0.1, 0.15) is 50.6 Å². The van der Waals surface area contributed by atoms with Crippen LogP contribution in [0.5, 0.6) is 5.75 Å². The van der Waals surface area contributed by atoms with Crippen molar-refractivity contribution in [3.63, 3.8) is 0 Å². The summed E-state index contributed by atoms with van der Waals surface area (Å²) >= 11 is 0. The quantitative estimate of drug-likeness (QED) is 0.598. The van der Waals surface area contributed by atoms with Crippen molar-refractivity contribution in [2.45, 2.75) is 51.2 Å². The fourth-order valence-electron chi connectivity index (χ4n) is 3.44. The topological polar surface area (TPSA) is 56.5 Å². The van der Waals surface area contributed by atoms with E-state index in [1.165, 1.54) is 32.1 Å². The molecule has 3 N–H and O–H groups in total. The Morgan fingerprint density at radius 3 is 2.57 bits per heavy atom. The van der Waals surface area contributed by atoms with Gasteiger partial charge in [0.2, 0.25) is 0 Å². The van der Waals surface area contributed by atoms with E-state index in [1.54, 1.807) is 7.11 Å². The molecule has 2 unspecified atom stereocenters. The highest BCUT2D eigenvalue weighted by molar-refractivity contribution is 5.36. The molecule has 0 aliphatic heterocycles. The van der Waals surface area contributed by atoms with Gasteiger partial charge in [-0.15, -0.1) is 0 Å². The zero-order valence-electron chi connectivity index (χ0n) is 13.2. The Labute approximate surface area is 128 Å². The van der Waals surface area contributed by atoms with Crippen LogP contribution in [0.4, 0.5) is 0 Å². The molecule has 4 heteroatoms. The lowest BCUT2D eigenvalue weighted by Crippen LogP contribution is -2.42. The summed E-state index contributed by atoms with van der Waals surface area (Å²) in [4.78, 5) is 0. The number of hydrogen-bond donors (Lipinski definition) is 2. The number of hydrogen-bond acceptors (Lipinski definition) is 4. The first-order valence-corrected chi connectivity index (χ1v) is 8.02. The monoisotopic (exact) mass is 292 g/mol. The largest absolute Gasteiger partial charge is 0.496 e. The molecule has 0 spiro atoms. The minimum Gasteiger partial charge on any atom is -0.496 e. The average molecular weight is 292 g/mol. The van der Waals surface area contributed by atoms with E-state index in [9.17, 15) is 0 Å². The molecule has 118 valence electrons. The number of hydrazine groups is 1. The van der Waals surface area contributed by atoms with E-state index < -0.39 is 0 Å². The minimum absolute atomic E-state index is 0.0378. The molecule has 0 aromatic heterocycles. The van der Waals surface area contributed by atoms with Gasteiger partial charge in [-0.25, -0.2) is 0 Å². The molecule has 1 aromatic rings. The smallest absolute Gasteiger partial charge is 0.123 e. The number of nitrogens with one attached hydrogen (secondary N) is 1. The molecule has 4 nitrogen and oxygen atoms in total. The van der Waals surface area contributed by atoms with Crippen LogP contribution in [0.15, 0.2) is 24.3 Å². The van der Waals surface area contributed by atoms with Crippen LogP contribution in [0.3, 0.4) is 0 Å². The van der Waals surface area contributed by atoms with Crippen molar-refractivity contribution in [3.05, 3.63) is 29.8 Å². The number of benzene rings is 1. The first-order chi connectivity index (χ1) is 10.3. The van der Waals surface area contributed by atoms with Crippen molar-refractivity contribution in [1.29, 1.82) is 0 Å². The van der Waals surface area contributed by atoms with Crippen molar-refractivity contribution in [1.82, 2.24) is 5.43 Å². The first kappa shape index (κ1) is 16.3. The summed E-state index contributed by atoms with van der Waals surface area (Å²) < 4.78 is 11.6. The zero-order valence-corrected chi connectivity index (χ0v) is 13.2. The molecule has 0 radical (unpaired) electrons. The van der Waals surface area contributed by atoms with Gasteiger partial charge in [0.25, 0.3) is 0 Å². The van der Waals surface area contributed by atoms with E-state index in [0.29, 0.717) is 12.5 Å². The number of para-hydroxylation sites is 1. The maximum atomic E-state index is 6.09. The van der Waals surface area contributed by atoms with Crippen molar-refractivity contribution in [3.8, 4) is 5.75 Å². The lowest BCUT2D eigenvalue weighted by atomic mass is 9.81. The van der Waals surface area contributed by atoms with Crippen LogP contribution in [-0.4, -0.2) is 19.8 Å². The molecular weight excluding hydrogens is 264 g/mol. The summed E-state index contributed by atoms with van der Waals surface area (Å²) in [5.74, 6) is 7.30. The molecule has 2 rings (SSSR count). The third-order valence-corrected chi connectivity index (χ3v) is 4.46. The van der Waals surface area contributed by atoms with E-state index in [2.05, 4.69) is 11.5 Å². The second kappa shape index (κ2) is 8.37. The standard InChI is InChI=1S/C17H28N2O2/c1-3-21-17(13-9-5-4-6-10-13)16(19-18)14-11-7-8-12-15(14)20-2/h7-8,11-13,16-17,19H,3-6,9-10,18H2,1-2H3. The fourth-order valence-corrected chi connectivity index (χ4v) is 3.44. The van der Waals surface area contributed by atoms with Gasteiger partial charge in [-0.3, -0.25) is 11.3 Å². The second-order valence-electron chi connectivity index (χ2n) is 5.70. The molecule has 0 saturated heterocycles. The first-order valence-electron chi connectivity index (χ1n) is 8.02. The van der Waals surface area contributed by atoms with Crippen LogP contribution >= 0.6 is 0 Å². The summed E-state index contributed by atoms with van der Waals surface area (Å²) in [5.41, 5.74) is 4.05. The number of rotatable bonds is 7. The predicted molar refractivity (Wildman–Crippen MR) is 85.0 cm³/mol. The molecule has 1 saturated carbocycles. The molecule has 1 aliphatic rings. The summed E-state index contributed by atoms with van der Waals surface area (Å²) in [6, 6.07) is 8.00. The van der Waals surface area contributed by atoms with E-state index in [4.69, 9.17) is 15.3 Å². The summed E-state index contributed by atoms with van der Waals surface area (Å²) in [6.45, 7) is 2.75. The number of nitrogens with two attached hydrogens (primary N) is 1.